The number of amides is 1. The molecule has 3 aromatic rings. The van der Waals surface area contributed by atoms with Crippen LogP contribution < -0.4 is 10.1 Å². The number of aryl methyl sites for hydroxylation is 3. The van der Waals surface area contributed by atoms with E-state index in [4.69, 9.17) is 9.47 Å². The van der Waals surface area contributed by atoms with Crippen LogP contribution in [0.2, 0.25) is 0 Å². The first kappa shape index (κ1) is 29.6. The SMILES string of the molecule is CC.CCCc1ccc(-c2cc(C(=O)NCc3ccc(OC(C)(C)C(=O)OCC)c(C)c3)nn2C)cc1. The zero-order valence-electron chi connectivity index (χ0n) is 23.5. The number of hydrogen-bond acceptors (Lipinski definition) is 5. The zero-order chi connectivity index (χ0) is 27.6. The highest BCUT2D eigenvalue weighted by molar-refractivity contribution is 5.93. The van der Waals surface area contributed by atoms with Crippen molar-refractivity contribution in [1.29, 1.82) is 0 Å². The Balaban J connectivity index is 0.00000235. The van der Waals surface area contributed by atoms with Crippen LogP contribution in [0.3, 0.4) is 0 Å². The molecular formula is C30H41N3O4. The third-order valence-electron chi connectivity index (χ3n) is 5.73. The number of nitrogens with one attached hydrogen (secondary N) is 1. The molecular weight excluding hydrogens is 466 g/mol. The van der Waals surface area contributed by atoms with Crippen molar-refractivity contribution < 1.29 is 19.1 Å². The third-order valence-corrected chi connectivity index (χ3v) is 5.73. The molecule has 0 radical (unpaired) electrons. The molecule has 0 atom stereocenters. The molecule has 0 fully saturated rings. The number of benzene rings is 2. The van der Waals surface area contributed by atoms with Gasteiger partial charge in [-0.25, -0.2) is 4.79 Å². The van der Waals surface area contributed by atoms with Gasteiger partial charge >= 0.3 is 5.97 Å². The molecule has 0 aliphatic rings. The quantitative estimate of drug-likeness (QED) is 0.339. The fourth-order valence-corrected chi connectivity index (χ4v) is 3.81. The molecule has 0 aliphatic heterocycles. The van der Waals surface area contributed by atoms with Crippen LogP contribution >= 0.6 is 0 Å². The number of aromatic nitrogens is 2. The van der Waals surface area contributed by atoms with Crippen LogP contribution in [-0.2, 0) is 29.5 Å². The largest absolute Gasteiger partial charge is 0.476 e. The van der Waals surface area contributed by atoms with E-state index in [1.54, 1.807) is 31.5 Å². The Morgan fingerprint density at radius 3 is 2.24 bits per heavy atom. The Morgan fingerprint density at radius 2 is 1.65 bits per heavy atom. The summed E-state index contributed by atoms with van der Waals surface area (Å²) in [6.07, 6.45) is 2.16. The van der Waals surface area contributed by atoms with Crippen molar-refractivity contribution in [1.82, 2.24) is 15.1 Å². The van der Waals surface area contributed by atoms with E-state index in [0.717, 1.165) is 35.2 Å². The fourth-order valence-electron chi connectivity index (χ4n) is 3.81. The third kappa shape index (κ3) is 7.94. The van der Waals surface area contributed by atoms with Crippen molar-refractivity contribution in [3.05, 3.63) is 70.9 Å². The summed E-state index contributed by atoms with van der Waals surface area (Å²) in [5, 5.41) is 7.34. The van der Waals surface area contributed by atoms with E-state index in [1.807, 2.05) is 46.0 Å². The Bertz CT molecular complexity index is 1180. The molecule has 1 N–H and O–H groups in total. The first-order valence-electron chi connectivity index (χ1n) is 13.0. The van der Waals surface area contributed by atoms with E-state index in [2.05, 4.69) is 41.6 Å². The highest BCUT2D eigenvalue weighted by Crippen LogP contribution is 2.25. The van der Waals surface area contributed by atoms with Crippen LogP contribution in [0.4, 0.5) is 0 Å². The Labute approximate surface area is 221 Å². The van der Waals surface area contributed by atoms with Gasteiger partial charge in [-0.05, 0) is 68.5 Å². The Morgan fingerprint density at radius 1 is 1.00 bits per heavy atom. The molecule has 2 aromatic carbocycles. The van der Waals surface area contributed by atoms with Gasteiger partial charge in [0.15, 0.2) is 11.3 Å². The predicted octanol–water partition coefficient (Wildman–Crippen LogP) is 6.02. The summed E-state index contributed by atoms with van der Waals surface area (Å²) in [7, 11) is 1.84. The number of ether oxygens (including phenoxy) is 2. The van der Waals surface area contributed by atoms with Gasteiger partial charge in [0.2, 0.25) is 0 Å². The average Bonchev–Trinajstić information content (AvgIpc) is 3.27. The summed E-state index contributed by atoms with van der Waals surface area (Å²) < 4.78 is 12.7. The predicted molar refractivity (Wildman–Crippen MR) is 148 cm³/mol. The molecule has 7 heteroatoms. The number of nitrogens with zero attached hydrogens (tertiary/aromatic N) is 2. The second kappa shape index (κ2) is 13.6. The van der Waals surface area contributed by atoms with Gasteiger partial charge in [0, 0.05) is 13.6 Å². The first-order valence-corrected chi connectivity index (χ1v) is 13.0. The van der Waals surface area contributed by atoms with Gasteiger partial charge < -0.3 is 14.8 Å². The van der Waals surface area contributed by atoms with Crippen LogP contribution in [0.5, 0.6) is 5.75 Å². The van der Waals surface area contributed by atoms with Gasteiger partial charge in [-0.15, -0.1) is 0 Å². The molecule has 0 bridgehead atoms. The van der Waals surface area contributed by atoms with Crippen LogP contribution in [0, 0.1) is 6.92 Å². The van der Waals surface area contributed by atoms with E-state index in [9.17, 15) is 9.59 Å². The molecule has 7 nitrogen and oxygen atoms in total. The number of hydrogen-bond donors (Lipinski definition) is 1. The standard InChI is InChI=1S/C28H35N3O4.C2H6/c1-7-9-20-10-13-22(14-11-20)24-17-23(30-31(24)6)26(32)29-18-21-12-15-25(19(3)16-21)35-28(4,5)27(33)34-8-2;1-2/h10-17H,7-9,18H2,1-6H3,(H,29,32);1-2H3. The van der Waals surface area contributed by atoms with Gasteiger partial charge in [-0.2, -0.15) is 5.10 Å². The lowest BCUT2D eigenvalue weighted by molar-refractivity contribution is -0.158. The molecule has 3 rings (SSSR count). The Hall–Kier alpha value is -3.61. The molecule has 0 saturated heterocycles. The highest BCUT2D eigenvalue weighted by atomic mass is 16.6. The van der Waals surface area contributed by atoms with Crippen molar-refractivity contribution in [2.45, 2.75) is 73.5 Å². The van der Waals surface area contributed by atoms with E-state index in [-0.39, 0.29) is 5.91 Å². The summed E-state index contributed by atoms with van der Waals surface area (Å²) in [6, 6.07) is 15.8. The highest BCUT2D eigenvalue weighted by Gasteiger charge is 2.32. The molecule has 200 valence electrons. The van der Waals surface area contributed by atoms with Crippen molar-refractivity contribution in [2.24, 2.45) is 7.05 Å². The number of esters is 1. The normalized spacial score (nSPS) is 10.8. The molecule has 0 aliphatic carbocycles. The molecule has 1 heterocycles. The summed E-state index contributed by atoms with van der Waals surface area (Å²) in [5.41, 5.74) is 4.26. The lowest BCUT2D eigenvalue weighted by atomic mass is 10.1. The molecule has 0 spiro atoms. The number of rotatable bonds is 10. The van der Waals surface area contributed by atoms with E-state index >= 15 is 0 Å². The van der Waals surface area contributed by atoms with Gasteiger partial charge in [0.1, 0.15) is 5.75 Å². The second-order valence-corrected chi connectivity index (χ2v) is 9.10. The van der Waals surface area contributed by atoms with Crippen LogP contribution in [0.15, 0.2) is 48.5 Å². The van der Waals surface area contributed by atoms with E-state index in [1.165, 1.54) is 5.56 Å². The van der Waals surface area contributed by atoms with Gasteiger partial charge in [-0.1, -0.05) is 63.6 Å². The van der Waals surface area contributed by atoms with E-state index < -0.39 is 11.6 Å². The summed E-state index contributed by atoms with van der Waals surface area (Å²) in [4.78, 5) is 24.9. The molecule has 1 amide bonds. The monoisotopic (exact) mass is 507 g/mol. The van der Waals surface area contributed by atoms with Gasteiger partial charge in [0.05, 0.1) is 12.3 Å². The topological polar surface area (TPSA) is 82.4 Å². The number of carbonyl (C=O) groups excluding carboxylic acids is 2. The van der Waals surface area contributed by atoms with Crippen LogP contribution in [-0.4, -0.2) is 33.9 Å². The molecule has 37 heavy (non-hydrogen) atoms. The zero-order valence-corrected chi connectivity index (χ0v) is 23.5. The summed E-state index contributed by atoms with van der Waals surface area (Å²) in [5.74, 6) is -0.0595. The maximum absolute atomic E-state index is 12.8. The van der Waals surface area contributed by atoms with E-state index in [0.29, 0.717) is 24.6 Å². The maximum atomic E-state index is 12.8. The minimum atomic E-state index is -1.09. The maximum Gasteiger partial charge on any atom is 0.349 e. The second-order valence-electron chi connectivity index (χ2n) is 9.10. The average molecular weight is 508 g/mol. The lowest BCUT2D eigenvalue weighted by Gasteiger charge is -2.25. The number of carbonyl (C=O) groups is 2. The molecule has 1 aromatic heterocycles. The Kier molecular flexibility index (Phi) is 10.9. The van der Waals surface area contributed by atoms with Crippen molar-refractivity contribution in [3.63, 3.8) is 0 Å². The van der Waals surface area contributed by atoms with Crippen molar-refractivity contribution >= 4 is 11.9 Å². The van der Waals surface area contributed by atoms with Gasteiger partial charge in [0.25, 0.3) is 5.91 Å². The van der Waals surface area contributed by atoms with Crippen LogP contribution in [0.1, 0.15) is 75.1 Å². The minimum Gasteiger partial charge on any atom is -0.476 e. The van der Waals surface area contributed by atoms with Gasteiger partial charge in [-0.3, -0.25) is 9.48 Å². The molecule has 0 saturated carbocycles. The smallest absolute Gasteiger partial charge is 0.349 e. The first-order chi connectivity index (χ1) is 17.6. The minimum absolute atomic E-state index is 0.240. The van der Waals surface area contributed by atoms with Crippen LogP contribution in [0.25, 0.3) is 11.3 Å². The fraction of sp³-hybridized carbons (Fsp3) is 0.433. The summed E-state index contributed by atoms with van der Waals surface area (Å²) >= 11 is 0. The van der Waals surface area contributed by atoms with Crippen molar-refractivity contribution in [3.8, 4) is 17.0 Å². The summed E-state index contributed by atoms with van der Waals surface area (Å²) in [6.45, 7) is 13.8. The molecule has 0 unspecified atom stereocenters. The van der Waals surface area contributed by atoms with Crippen molar-refractivity contribution in [2.75, 3.05) is 6.61 Å². The lowest BCUT2D eigenvalue weighted by Crippen LogP contribution is -2.39.